The van der Waals surface area contributed by atoms with Crippen LogP contribution in [0.3, 0.4) is 0 Å². The van der Waals surface area contributed by atoms with Gasteiger partial charge in [0.15, 0.2) is 11.9 Å². The molecule has 0 aliphatic heterocycles. The predicted molar refractivity (Wildman–Crippen MR) is 65.8 cm³/mol. The average Bonchev–Trinajstić information content (AvgIpc) is 2.75. The molecule has 1 unspecified atom stereocenters. The lowest BCUT2D eigenvalue weighted by molar-refractivity contribution is -0.123. The second kappa shape index (κ2) is 4.29. The summed E-state index contributed by atoms with van der Waals surface area (Å²) >= 11 is 0. The van der Waals surface area contributed by atoms with E-state index in [0.717, 1.165) is 11.8 Å². The number of carbonyl (C=O) groups is 1. The summed E-state index contributed by atoms with van der Waals surface area (Å²) < 4.78 is 10.7. The summed E-state index contributed by atoms with van der Waals surface area (Å²) in [4.78, 5) is 23.0. The van der Waals surface area contributed by atoms with Crippen LogP contribution in [0.1, 0.15) is 19.3 Å². The third kappa shape index (κ3) is 1.90. The molecular weight excluding hydrogens is 232 g/mol. The highest BCUT2D eigenvalue weighted by Crippen LogP contribution is 2.27. The van der Waals surface area contributed by atoms with Gasteiger partial charge in [0.05, 0.1) is 11.5 Å². The summed E-state index contributed by atoms with van der Waals surface area (Å²) in [6.45, 7) is 0. The molecule has 1 fully saturated rings. The van der Waals surface area contributed by atoms with Gasteiger partial charge in [0, 0.05) is 6.42 Å². The minimum Gasteiger partial charge on any atom is -0.482 e. The summed E-state index contributed by atoms with van der Waals surface area (Å²) in [5.41, 5.74) is 0.0135. The number of hydrogen-bond acceptors (Lipinski definition) is 4. The number of para-hydroxylation sites is 1. The van der Waals surface area contributed by atoms with Crippen LogP contribution in [0.15, 0.2) is 39.5 Å². The van der Waals surface area contributed by atoms with Crippen molar-refractivity contribution in [1.29, 1.82) is 0 Å². The molecule has 1 heterocycles. The first-order valence-corrected chi connectivity index (χ1v) is 5.96. The first-order chi connectivity index (χ1) is 8.74. The monoisotopic (exact) mass is 244 g/mol. The lowest BCUT2D eigenvalue weighted by Crippen LogP contribution is -2.21. The van der Waals surface area contributed by atoms with E-state index in [2.05, 4.69) is 0 Å². The van der Waals surface area contributed by atoms with Crippen LogP contribution in [0.4, 0.5) is 0 Å². The van der Waals surface area contributed by atoms with Crippen LogP contribution in [0, 0.1) is 0 Å². The number of Topliss-reactive ketones (excluding diaryl/α,β-unsaturated/α-hetero) is 1. The zero-order valence-corrected chi connectivity index (χ0v) is 9.72. The lowest BCUT2D eigenvalue weighted by Gasteiger charge is -2.12. The molecule has 1 aliphatic carbocycles. The fraction of sp³-hybridized carbons (Fsp3) is 0.286. The summed E-state index contributed by atoms with van der Waals surface area (Å²) in [6, 6.07) is 8.45. The Kier molecular flexibility index (Phi) is 2.63. The summed E-state index contributed by atoms with van der Waals surface area (Å²) in [5, 5.41) is 0.719. The zero-order chi connectivity index (χ0) is 12.5. The molecule has 0 spiro atoms. The number of rotatable bonds is 2. The largest absolute Gasteiger partial charge is 0.482 e. The van der Waals surface area contributed by atoms with Crippen molar-refractivity contribution in [3.8, 4) is 5.75 Å². The van der Waals surface area contributed by atoms with Gasteiger partial charge >= 0.3 is 5.63 Å². The smallest absolute Gasteiger partial charge is 0.339 e. The van der Waals surface area contributed by atoms with Crippen LogP contribution in [0.2, 0.25) is 0 Å². The van der Waals surface area contributed by atoms with Gasteiger partial charge in [-0.15, -0.1) is 0 Å². The topological polar surface area (TPSA) is 56.5 Å². The Morgan fingerprint density at radius 2 is 2.06 bits per heavy atom. The maximum absolute atomic E-state index is 11.6. The van der Waals surface area contributed by atoms with Crippen LogP contribution in [0.5, 0.6) is 5.75 Å². The molecule has 18 heavy (non-hydrogen) atoms. The minimum atomic E-state index is -0.464. The van der Waals surface area contributed by atoms with Crippen molar-refractivity contribution < 1.29 is 13.9 Å². The Labute approximate surface area is 103 Å². The van der Waals surface area contributed by atoms with Gasteiger partial charge in [-0.2, -0.15) is 0 Å². The average molecular weight is 244 g/mol. The fourth-order valence-electron chi connectivity index (χ4n) is 2.24. The van der Waals surface area contributed by atoms with Crippen molar-refractivity contribution in [1.82, 2.24) is 0 Å². The van der Waals surface area contributed by atoms with Crippen LogP contribution >= 0.6 is 0 Å². The molecule has 2 aromatic rings. The van der Waals surface area contributed by atoms with Gasteiger partial charge in [-0.25, -0.2) is 4.79 Å². The molecule has 0 radical (unpaired) electrons. The van der Waals surface area contributed by atoms with E-state index >= 15 is 0 Å². The Balaban J connectivity index is 2.05. The van der Waals surface area contributed by atoms with Gasteiger partial charge in [0.2, 0.25) is 0 Å². The van der Waals surface area contributed by atoms with E-state index in [1.54, 1.807) is 12.1 Å². The molecule has 1 aromatic carbocycles. The molecule has 1 aromatic heterocycles. The highest BCUT2D eigenvalue weighted by molar-refractivity contribution is 5.87. The standard InChI is InChI=1S/C14H12O4/c15-10-5-3-7-12(10)17-13-8-14(16)18-11-6-2-1-4-9(11)13/h1-2,4,6,8,12H,3,5,7H2. The van der Waals surface area contributed by atoms with Gasteiger partial charge < -0.3 is 9.15 Å². The number of benzene rings is 1. The fourth-order valence-corrected chi connectivity index (χ4v) is 2.24. The Hall–Kier alpha value is -2.10. The Morgan fingerprint density at radius 1 is 1.22 bits per heavy atom. The van der Waals surface area contributed by atoms with E-state index in [1.807, 2.05) is 12.1 Å². The number of ketones is 1. The number of ether oxygens (including phenoxy) is 1. The molecule has 0 N–H and O–H groups in total. The van der Waals surface area contributed by atoms with Crippen molar-refractivity contribution in [2.24, 2.45) is 0 Å². The van der Waals surface area contributed by atoms with Crippen LogP contribution < -0.4 is 10.4 Å². The molecule has 0 saturated heterocycles. The van der Waals surface area contributed by atoms with E-state index in [1.165, 1.54) is 6.07 Å². The highest BCUT2D eigenvalue weighted by atomic mass is 16.5. The van der Waals surface area contributed by atoms with Crippen LogP contribution in [-0.4, -0.2) is 11.9 Å². The molecule has 3 rings (SSSR count). The minimum absolute atomic E-state index is 0.104. The van der Waals surface area contributed by atoms with Gasteiger partial charge in [-0.3, -0.25) is 4.79 Å². The molecule has 1 aliphatic rings. The lowest BCUT2D eigenvalue weighted by atomic mass is 10.2. The molecule has 4 nitrogen and oxygen atoms in total. The summed E-state index contributed by atoms with van der Waals surface area (Å²) in [6.07, 6.45) is 1.70. The summed E-state index contributed by atoms with van der Waals surface area (Å²) in [5.74, 6) is 0.537. The predicted octanol–water partition coefficient (Wildman–Crippen LogP) is 2.29. The van der Waals surface area contributed by atoms with E-state index < -0.39 is 11.7 Å². The Morgan fingerprint density at radius 3 is 2.83 bits per heavy atom. The van der Waals surface area contributed by atoms with Crippen molar-refractivity contribution in [3.05, 3.63) is 40.8 Å². The number of carbonyl (C=O) groups excluding carboxylic acids is 1. The molecular formula is C14H12O4. The van der Waals surface area contributed by atoms with Crippen molar-refractivity contribution in [3.63, 3.8) is 0 Å². The zero-order valence-electron chi connectivity index (χ0n) is 9.72. The van der Waals surface area contributed by atoms with Crippen LogP contribution in [0.25, 0.3) is 11.0 Å². The third-order valence-corrected chi connectivity index (χ3v) is 3.13. The van der Waals surface area contributed by atoms with Gasteiger partial charge in [0.1, 0.15) is 11.3 Å². The molecule has 1 saturated carbocycles. The second-order valence-electron chi connectivity index (χ2n) is 4.39. The summed E-state index contributed by atoms with van der Waals surface area (Å²) in [7, 11) is 0. The third-order valence-electron chi connectivity index (χ3n) is 3.13. The van der Waals surface area contributed by atoms with Gasteiger partial charge in [-0.1, -0.05) is 12.1 Å². The second-order valence-corrected chi connectivity index (χ2v) is 4.39. The maximum atomic E-state index is 11.6. The molecule has 4 heteroatoms. The van der Waals surface area contributed by atoms with E-state index in [4.69, 9.17) is 9.15 Å². The van der Waals surface area contributed by atoms with Crippen molar-refractivity contribution in [2.45, 2.75) is 25.4 Å². The van der Waals surface area contributed by atoms with Gasteiger partial charge in [-0.05, 0) is 25.0 Å². The number of fused-ring (bicyclic) bond motifs is 1. The van der Waals surface area contributed by atoms with E-state index in [-0.39, 0.29) is 5.78 Å². The normalized spacial score (nSPS) is 19.3. The van der Waals surface area contributed by atoms with E-state index in [9.17, 15) is 9.59 Å². The quantitative estimate of drug-likeness (QED) is 0.760. The first kappa shape index (κ1) is 11.0. The molecule has 0 amide bonds. The van der Waals surface area contributed by atoms with Crippen molar-refractivity contribution in [2.75, 3.05) is 0 Å². The molecule has 92 valence electrons. The Bertz CT molecular complexity index is 656. The van der Waals surface area contributed by atoms with Crippen molar-refractivity contribution >= 4 is 16.8 Å². The maximum Gasteiger partial charge on any atom is 0.339 e. The first-order valence-electron chi connectivity index (χ1n) is 5.96. The molecule has 1 atom stereocenters. The molecule has 0 bridgehead atoms. The van der Waals surface area contributed by atoms with Gasteiger partial charge in [0.25, 0.3) is 0 Å². The SMILES string of the molecule is O=C1CCCC1Oc1cc(=O)oc2ccccc12. The highest BCUT2D eigenvalue weighted by Gasteiger charge is 2.26. The van der Waals surface area contributed by atoms with E-state index in [0.29, 0.717) is 24.2 Å². The van der Waals surface area contributed by atoms with Crippen LogP contribution in [-0.2, 0) is 4.79 Å². The number of hydrogen-bond donors (Lipinski definition) is 0.